The van der Waals surface area contributed by atoms with Crippen LogP contribution in [0.5, 0.6) is 0 Å². The molecule has 2 saturated heterocycles. The lowest BCUT2D eigenvalue weighted by Gasteiger charge is -2.37. The highest BCUT2D eigenvalue weighted by atomic mass is 127. The van der Waals surface area contributed by atoms with Crippen molar-refractivity contribution < 1.29 is 14.0 Å². The number of anilines is 1. The van der Waals surface area contributed by atoms with Crippen molar-refractivity contribution in [3.05, 3.63) is 30.1 Å². The average Bonchev–Trinajstić information content (AvgIpc) is 2.97. The number of nitrogens with zero attached hydrogens (tertiary/aromatic N) is 4. The predicted molar refractivity (Wildman–Crippen MR) is 131 cm³/mol. The number of piperazine rings is 1. The van der Waals surface area contributed by atoms with Gasteiger partial charge < -0.3 is 20.4 Å². The smallest absolute Gasteiger partial charge is 0.325 e. The fourth-order valence-electron chi connectivity index (χ4n) is 3.83. The third-order valence-electron chi connectivity index (χ3n) is 5.88. The summed E-state index contributed by atoms with van der Waals surface area (Å²) in [7, 11) is 1.73. The lowest BCUT2D eigenvalue weighted by Crippen LogP contribution is -2.53. The largest absolute Gasteiger partial charge is 0.366 e. The Morgan fingerprint density at radius 2 is 1.90 bits per heavy atom. The molecule has 0 saturated carbocycles. The van der Waals surface area contributed by atoms with E-state index in [1.807, 2.05) is 17.9 Å². The van der Waals surface area contributed by atoms with Crippen molar-refractivity contribution in [3.8, 4) is 0 Å². The van der Waals surface area contributed by atoms with Gasteiger partial charge in [0.1, 0.15) is 11.4 Å². The summed E-state index contributed by atoms with van der Waals surface area (Å²) in [5.74, 6) is 0.413. The lowest BCUT2D eigenvalue weighted by atomic mass is 9.99. The zero-order chi connectivity index (χ0) is 21.7. The second-order valence-electron chi connectivity index (χ2n) is 7.83. The number of aliphatic imine (C=N–C) groups is 1. The number of para-hydroxylation sites is 1. The summed E-state index contributed by atoms with van der Waals surface area (Å²) in [6, 6.07) is 6.51. The number of nitrogens with one attached hydrogen (secondary N) is 2. The second-order valence-corrected chi connectivity index (χ2v) is 7.83. The molecule has 1 aromatic rings. The van der Waals surface area contributed by atoms with E-state index in [1.165, 1.54) is 11.0 Å². The summed E-state index contributed by atoms with van der Waals surface area (Å²) in [6.45, 7) is 7.49. The molecule has 0 spiro atoms. The van der Waals surface area contributed by atoms with Gasteiger partial charge in [-0.3, -0.25) is 14.7 Å². The van der Waals surface area contributed by atoms with Gasteiger partial charge in [-0.25, -0.2) is 9.18 Å². The Kier molecular flexibility index (Phi) is 8.90. The number of imide groups is 1. The fraction of sp³-hybridized carbons (Fsp3) is 0.571. The highest BCUT2D eigenvalue weighted by Crippen LogP contribution is 2.21. The van der Waals surface area contributed by atoms with E-state index >= 15 is 0 Å². The van der Waals surface area contributed by atoms with Gasteiger partial charge in [0.15, 0.2) is 5.96 Å². The molecule has 1 aromatic carbocycles. The molecule has 0 aromatic heterocycles. The Morgan fingerprint density at radius 3 is 2.48 bits per heavy atom. The minimum Gasteiger partial charge on any atom is -0.366 e. The molecule has 1 atom stereocenters. The van der Waals surface area contributed by atoms with Crippen LogP contribution in [0.3, 0.4) is 0 Å². The monoisotopic (exact) mass is 546 g/mol. The zero-order valence-electron chi connectivity index (χ0n) is 18.4. The molecule has 172 valence electrons. The van der Waals surface area contributed by atoms with Crippen LogP contribution in [0.1, 0.15) is 26.7 Å². The molecule has 0 radical (unpaired) electrons. The maximum Gasteiger partial charge on any atom is 0.325 e. The fourth-order valence-corrected chi connectivity index (χ4v) is 3.83. The molecular weight excluding hydrogens is 514 g/mol. The SMILES string of the molecule is CCC1(C)NC(=O)N(CCCNC(=NC)N2CCN(c3ccccc3F)CC2)C1=O.I. The molecular formula is C21H32FIN6O2. The van der Waals surface area contributed by atoms with Gasteiger partial charge in [-0.1, -0.05) is 19.1 Å². The second kappa shape index (κ2) is 11.0. The normalized spacial score (nSPS) is 21.8. The number of amides is 3. The summed E-state index contributed by atoms with van der Waals surface area (Å²) in [4.78, 5) is 34.3. The van der Waals surface area contributed by atoms with Gasteiger partial charge in [-0.2, -0.15) is 0 Å². The molecule has 2 fully saturated rings. The zero-order valence-corrected chi connectivity index (χ0v) is 20.7. The minimum atomic E-state index is -0.793. The van der Waals surface area contributed by atoms with E-state index in [1.54, 1.807) is 26.1 Å². The van der Waals surface area contributed by atoms with Crippen molar-refractivity contribution in [3.63, 3.8) is 0 Å². The summed E-state index contributed by atoms with van der Waals surface area (Å²) in [6.07, 6.45) is 1.20. The molecule has 10 heteroatoms. The standard InChI is InChI=1S/C21H31FN6O2.HI/c1-4-21(2)18(29)28(20(30)25-21)11-7-10-24-19(23-3)27-14-12-26(13-15-27)17-9-6-5-8-16(17)22;/h5-6,8-9H,4,7,10-15H2,1-3H3,(H,23,24)(H,25,30);1H. The number of hydrogen-bond acceptors (Lipinski definition) is 4. The number of carbonyl (C=O) groups excluding carboxylic acids is 2. The Hall–Kier alpha value is -2.11. The van der Waals surface area contributed by atoms with Crippen LogP contribution >= 0.6 is 24.0 Å². The van der Waals surface area contributed by atoms with Crippen molar-refractivity contribution in [1.29, 1.82) is 0 Å². The van der Waals surface area contributed by atoms with Crippen molar-refractivity contribution in [2.45, 2.75) is 32.2 Å². The summed E-state index contributed by atoms with van der Waals surface area (Å²) in [5.41, 5.74) is -0.161. The van der Waals surface area contributed by atoms with Crippen LogP contribution < -0.4 is 15.5 Å². The van der Waals surface area contributed by atoms with Gasteiger partial charge in [0.05, 0.1) is 5.69 Å². The van der Waals surface area contributed by atoms with Gasteiger partial charge in [-0.05, 0) is 31.9 Å². The number of halogens is 2. The highest BCUT2D eigenvalue weighted by Gasteiger charge is 2.45. The first-order chi connectivity index (χ1) is 14.4. The number of urea groups is 1. The topological polar surface area (TPSA) is 80.3 Å². The van der Waals surface area contributed by atoms with Gasteiger partial charge in [-0.15, -0.1) is 24.0 Å². The van der Waals surface area contributed by atoms with Crippen LogP contribution in [0.25, 0.3) is 0 Å². The van der Waals surface area contributed by atoms with Crippen LogP contribution in [0.2, 0.25) is 0 Å². The molecule has 8 nitrogen and oxygen atoms in total. The lowest BCUT2D eigenvalue weighted by molar-refractivity contribution is -0.130. The first kappa shape index (κ1) is 25.2. The Labute approximate surface area is 200 Å². The van der Waals surface area contributed by atoms with Crippen molar-refractivity contribution in [2.24, 2.45) is 4.99 Å². The third-order valence-corrected chi connectivity index (χ3v) is 5.88. The van der Waals surface area contributed by atoms with E-state index < -0.39 is 5.54 Å². The number of benzene rings is 1. The molecule has 2 N–H and O–H groups in total. The van der Waals surface area contributed by atoms with E-state index in [0.29, 0.717) is 44.7 Å². The minimum absolute atomic E-state index is 0. The number of rotatable bonds is 6. The first-order valence-corrected chi connectivity index (χ1v) is 10.5. The third kappa shape index (κ3) is 5.58. The summed E-state index contributed by atoms with van der Waals surface area (Å²) >= 11 is 0. The van der Waals surface area contributed by atoms with Gasteiger partial charge in [0.2, 0.25) is 0 Å². The molecule has 0 bridgehead atoms. The maximum atomic E-state index is 14.0. The quantitative estimate of drug-likeness (QED) is 0.188. The van der Waals surface area contributed by atoms with Crippen LogP contribution in [-0.2, 0) is 4.79 Å². The average molecular weight is 546 g/mol. The van der Waals surface area contributed by atoms with E-state index in [4.69, 9.17) is 0 Å². The number of carbonyl (C=O) groups is 2. The van der Waals surface area contributed by atoms with Crippen LogP contribution in [0, 0.1) is 5.82 Å². The Morgan fingerprint density at radius 1 is 1.23 bits per heavy atom. The first-order valence-electron chi connectivity index (χ1n) is 10.5. The van der Waals surface area contributed by atoms with Gasteiger partial charge in [0, 0.05) is 46.3 Å². The summed E-state index contributed by atoms with van der Waals surface area (Å²) < 4.78 is 14.0. The van der Waals surface area contributed by atoms with Gasteiger partial charge in [0.25, 0.3) is 5.91 Å². The number of hydrogen-bond donors (Lipinski definition) is 2. The van der Waals surface area contributed by atoms with E-state index in [-0.39, 0.29) is 41.7 Å². The van der Waals surface area contributed by atoms with E-state index in [9.17, 15) is 14.0 Å². The molecule has 3 rings (SSSR count). The van der Waals surface area contributed by atoms with Gasteiger partial charge >= 0.3 is 6.03 Å². The predicted octanol–water partition coefficient (Wildman–Crippen LogP) is 2.25. The van der Waals surface area contributed by atoms with Crippen LogP contribution in [0.15, 0.2) is 29.3 Å². The van der Waals surface area contributed by atoms with E-state index in [0.717, 1.165) is 19.0 Å². The van der Waals surface area contributed by atoms with Crippen molar-refractivity contribution in [2.75, 3.05) is 51.2 Å². The summed E-state index contributed by atoms with van der Waals surface area (Å²) in [5, 5.41) is 6.07. The molecule has 1 unspecified atom stereocenters. The maximum absolute atomic E-state index is 14.0. The number of guanidine groups is 1. The molecule has 2 heterocycles. The Balaban J connectivity index is 0.00000341. The molecule has 31 heavy (non-hydrogen) atoms. The molecule has 2 aliphatic rings. The molecule has 0 aliphatic carbocycles. The molecule has 3 amide bonds. The Bertz CT molecular complexity index is 815. The van der Waals surface area contributed by atoms with Crippen LogP contribution in [-0.4, -0.2) is 79.6 Å². The van der Waals surface area contributed by atoms with Crippen molar-refractivity contribution >= 4 is 47.6 Å². The van der Waals surface area contributed by atoms with Crippen molar-refractivity contribution in [1.82, 2.24) is 20.4 Å². The van der Waals surface area contributed by atoms with Crippen LogP contribution in [0.4, 0.5) is 14.9 Å². The van der Waals surface area contributed by atoms with E-state index in [2.05, 4.69) is 20.5 Å². The molecule has 2 aliphatic heterocycles. The highest BCUT2D eigenvalue weighted by molar-refractivity contribution is 14.0.